The van der Waals surface area contributed by atoms with E-state index in [0.717, 1.165) is 44.5 Å². The van der Waals surface area contributed by atoms with Crippen molar-refractivity contribution in [2.75, 3.05) is 26.2 Å². The first kappa shape index (κ1) is 17.5. The van der Waals surface area contributed by atoms with E-state index in [-0.39, 0.29) is 11.7 Å². The van der Waals surface area contributed by atoms with Gasteiger partial charge in [0.25, 0.3) is 0 Å². The second-order valence-electron chi connectivity index (χ2n) is 5.08. The average molecular weight is 293 g/mol. The first-order chi connectivity index (χ1) is 10.2. The van der Waals surface area contributed by atoms with Crippen molar-refractivity contribution in [1.29, 1.82) is 0 Å². The van der Waals surface area contributed by atoms with E-state index >= 15 is 0 Å². The predicted molar refractivity (Wildman–Crippen MR) is 85.2 cm³/mol. The van der Waals surface area contributed by atoms with Crippen molar-refractivity contribution in [3.63, 3.8) is 0 Å². The Morgan fingerprint density at radius 2 is 1.81 bits per heavy atom. The molecule has 1 amide bonds. The second-order valence-corrected chi connectivity index (χ2v) is 5.08. The first-order valence-corrected chi connectivity index (χ1v) is 7.68. The monoisotopic (exact) mass is 293 g/mol. The summed E-state index contributed by atoms with van der Waals surface area (Å²) < 4.78 is 0. The summed E-state index contributed by atoms with van der Waals surface area (Å²) >= 11 is 0. The molecular formula is C16H27N3O2. The molecule has 21 heavy (non-hydrogen) atoms. The normalized spacial score (nSPS) is 10.5. The number of nitrogens with two attached hydrogens (primary N) is 1. The van der Waals surface area contributed by atoms with Crippen LogP contribution in [0.5, 0.6) is 5.75 Å². The Kier molecular flexibility index (Phi) is 9.24. The molecule has 118 valence electrons. The highest BCUT2D eigenvalue weighted by atomic mass is 16.3. The smallest absolute Gasteiger partial charge is 0.220 e. The van der Waals surface area contributed by atoms with Crippen LogP contribution in [0, 0.1) is 0 Å². The van der Waals surface area contributed by atoms with Gasteiger partial charge < -0.3 is 21.5 Å². The molecule has 1 aromatic rings. The summed E-state index contributed by atoms with van der Waals surface area (Å²) in [5.41, 5.74) is 6.22. The van der Waals surface area contributed by atoms with Gasteiger partial charge in [-0.2, -0.15) is 0 Å². The molecular weight excluding hydrogens is 266 g/mol. The fourth-order valence-electron chi connectivity index (χ4n) is 2.01. The number of amides is 1. The quantitative estimate of drug-likeness (QED) is 0.461. The summed E-state index contributed by atoms with van der Waals surface area (Å²) in [4.78, 5) is 11.7. The number of hydrogen-bond donors (Lipinski definition) is 4. The van der Waals surface area contributed by atoms with E-state index in [4.69, 9.17) is 5.73 Å². The van der Waals surface area contributed by atoms with Gasteiger partial charge in [-0.3, -0.25) is 4.79 Å². The van der Waals surface area contributed by atoms with Crippen molar-refractivity contribution >= 4 is 5.91 Å². The van der Waals surface area contributed by atoms with Crippen molar-refractivity contribution in [3.8, 4) is 5.75 Å². The number of aromatic hydroxyl groups is 1. The van der Waals surface area contributed by atoms with Crippen LogP contribution in [0.4, 0.5) is 0 Å². The third kappa shape index (κ3) is 8.32. The number of para-hydroxylation sites is 1. The Balaban J connectivity index is 2.00. The molecule has 0 aromatic heterocycles. The number of phenolic OH excluding ortho intramolecular Hbond substituents is 1. The van der Waals surface area contributed by atoms with E-state index in [1.165, 1.54) is 0 Å². The Morgan fingerprint density at radius 3 is 2.57 bits per heavy atom. The molecule has 0 heterocycles. The number of rotatable bonds is 11. The number of carbonyl (C=O) groups excluding carboxylic acids is 1. The summed E-state index contributed by atoms with van der Waals surface area (Å²) in [6, 6.07) is 7.13. The minimum atomic E-state index is 0.0364. The lowest BCUT2D eigenvalue weighted by atomic mass is 10.1. The zero-order valence-electron chi connectivity index (χ0n) is 12.6. The van der Waals surface area contributed by atoms with E-state index in [0.29, 0.717) is 19.4 Å². The molecule has 0 unspecified atom stereocenters. The fourth-order valence-corrected chi connectivity index (χ4v) is 2.01. The van der Waals surface area contributed by atoms with Crippen LogP contribution in [-0.4, -0.2) is 37.2 Å². The third-order valence-electron chi connectivity index (χ3n) is 3.27. The van der Waals surface area contributed by atoms with Gasteiger partial charge in [0.15, 0.2) is 0 Å². The van der Waals surface area contributed by atoms with E-state index in [2.05, 4.69) is 10.6 Å². The van der Waals surface area contributed by atoms with E-state index in [1.54, 1.807) is 12.1 Å². The highest BCUT2D eigenvalue weighted by Crippen LogP contribution is 2.16. The molecule has 0 aliphatic rings. The molecule has 0 aliphatic carbocycles. The minimum Gasteiger partial charge on any atom is -0.508 e. The summed E-state index contributed by atoms with van der Waals surface area (Å²) in [7, 11) is 0. The van der Waals surface area contributed by atoms with E-state index in [9.17, 15) is 9.90 Å². The van der Waals surface area contributed by atoms with E-state index in [1.807, 2.05) is 12.1 Å². The fraction of sp³-hybridized carbons (Fsp3) is 0.562. The van der Waals surface area contributed by atoms with Crippen LogP contribution in [0.1, 0.15) is 31.2 Å². The Morgan fingerprint density at radius 1 is 1.10 bits per heavy atom. The van der Waals surface area contributed by atoms with Crippen molar-refractivity contribution < 1.29 is 9.90 Å². The second kappa shape index (κ2) is 11.1. The van der Waals surface area contributed by atoms with Gasteiger partial charge in [0.05, 0.1) is 0 Å². The lowest BCUT2D eigenvalue weighted by molar-refractivity contribution is -0.121. The van der Waals surface area contributed by atoms with Gasteiger partial charge in [-0.15, -0.1) is 0 Å². The Bertz CT molecular complexity index is 410. The number of hydrogen-bond acceptors (Lipinski definition) is 4. The van der Waals surface area contributed by atoms with Gasteiger partial charge in [-0.05, 0) is 56.9 Å². The van der Waals surface area contributed by atoms with Crippen molar-refractivity contribution in [1.82, 2.24) is 10.6 Å². The van der Waals surface area contributed by atoms with Crippen LogP contribution < -0.4 is 16.4 Å². The zero-order chi connectivity index (χ0) is 15.3. The van der Waals surface area contributed by atoms with Gasteiger partial charge in [-0.1, -0.05) is 18.2 Å². The molecule has 0 atom stereocenters. The topological polar surface area (TPSA) is 87.4 Å². The number of phenols is 1. The maximum Gasteiger partial charge on any atom is 0.220 e. The van der Waals surface area contributed by atoms with Gasteiger partial charge in [0.1, 0.15) is 5.75 Å². The molecule has 1 aromatic carbocycles. The Labute approximate surface area is 126 Å². The summed E-state index contributed by atoms with van der Waals surface area (Å²) in [6.45, 7) is 3.36. The number of unbranched alkanes of at least 4 members (excludes halogenated alkanes) is 1. The highest BCUT2D eigenvalue weighted by molar-refractivity contribution is 5.76. The molecule has 5 N–H and O–H groups in total. The van der Waals surface area contributed by atoms with E-state index < -0.39 is 0 Å². The average Bonchev–Trinajstić information content (AvgIpc) is 2.49. The lowest BCUT2D eigenvalue weighted by Gasteiger charge is -2.07. The van der Waals surface area contributed by atoms with Crippen molar-refractivity contribution in [2.24, 2.45) is 5.73 Å². The van der Waals surface area contributed by atoms with Crippen LogP contribution >= 0.6 is 0 Å². The molecule has 5 heteroatoms. The van der Waals surface area contributed by atoms with Crippen molar-refractivity contribution in [3.05, 3.63) is 29.8 Å². The molecule has 0 saturated heterocycles. The van der Waals surface area contributed by atoms with Crippen LogP contribution in [-0.2, 0) is 11.2 Å². The molecule has 0 spiro atoms. The largest absolute Gasteiger partial charge is 0.508 e. The molecule has 0 radical (unpaired) electrons. The zero-order valence-corrected chi connectivity index (χ0v) is 12.6. The molecule has 0 aliphatic heterocycles. The van der Waals surface area contributed by atoms with Gasteiger partial charge in [0.2, 0.25) is 5.91 Å². The number of aryl methyl sites for hydroxylation is 1. The van der Waals surface area contributed by atoms with Crippen LogP contribution in [0.3, 0.4) is 0 Å². The first-order valence-electron chi connectivity index (χ1n) is 7.68. The van der Waals surface area contributed by atoms with Crippen molar-refractivity contribution in [2.45, 2.75) is 32.1 Å². The van der Waals surface area contributed by atoms with Crippen LogP contribution in [0.15, 0.2) is 24.3 Å². The molecule has 0 fully saturated rings. The predicted octanol–water partition coefficient (Wildman–Crippen LogP) is 1.16. The number of carbonyl (C=O) groups is 1. The SMILES string of the molecule is NCCCNCCCCNC(=O)CCc1ccccc1O. The molecule has 5 nitrogen and oxygen atoms in total. The molecule has 0 bridgehead atoms. The Hall–Kier alpha value is -1.59. The van der Waals surface area contributed by atoms with Crippen LogP contribution in [0.25, 0.3) is 0 Å². The van der Waals surface area contributed by atoms with Gasteiger partial charge >= 0.3 is 0 Å². The summed E-state index contributed by atoms with van der Waals surface area (Å²) in [5, 5.41) is 15.8. The third-order valence-corrected chi connectivity index (χ3v) is 3.27. The standard InChI is InChI=1S/C16H27N3O2/c17-10-5-12-18-11-3-4-13-19-16(21)9-8-14-6-1-2-7-15(14)20/h1-2,6-7,18,20H,3-5,8-13,17H2,(H,19,21). The minimum absolute atomic E-state index is 0.0364. The lowest BCUT2D eigenvalue weighted by Crippen LogP contribution is -2.26. The number of benzene rings is 1. The van der Waals surface area contributed by atoms with Crippen LogP contribution in [0.2, 0.25) is 0 Å². The molecule has 1 rings (SSSR count). The highest BCUT2D eigenvalue weighted by Gasteiger charge is 2.04. The molecule has 0 saturated carbocycles. The number of nitrogens with one attached hydrogen (secondary N) is 2. The summed E-state index contributed by atoms with van der Waals surface area (Å²) in [6.07, 6.45) is 4.00. The maximum atomic E-state index is 11.7. The van der Waals surface area contributed by atoms with Gasteiger partial charge in [0, 0.05) is 13.0 Å². The summed E-state index contributed by atoms with van der Waals surface area (Å²) in [5.74, 6) is 0.295. The maximum absolute atomic E-state index is 11.7. The van der Waals surface area contributed by atoms with Gasteiger partial charge in [-0.25, -0.2) is 0 Å².